The number of rotatable bonds is 5. The highest BCUT2D eigenvalue weighted by Crippen LogP contribution is 2.35. The van der Waals surface area contributed by atoms with Crippen LogP contribution >= 0.6 is 11.6 Å². The summed E-state index contributed by atoms with van der Waals surface area (Å²) in [5.41, 5.74) is 1.59. The van der Waals surface area contributed by atoms with Crippen LogP contribution in [0.25, 0.3) is 0 Å². The summed E-state index contributed by atoms with van der Waals surface area (Å²) in [6.45, 7) is 1.02. The molecule has 0 bridgehead atoms. The number of nitrogens with zero attached hydrogens (tertiary/aromatic N) is 2. The highest BCUT2D eigenvalue weighted by atomic mass is 35.5. The minimum absolute atomic E-state index is 0.0396. The Hall–Kier alpha value is -1.81. The molecule has 2 rings (SSSR count). The van der Waals surface area contributed by atoms with Gasteiger partial charge in [-0.1, -0.05) is 30.3 Å². The van der Waals surface area contributed by atoms with E-state index in [9.17, 15) is 10.2 Å². The fourth-order valence-corrected chi connectivity index (χ4v) is 2.22. The smallest absolute Gasteiger partial charge is 0.218 e. The summed E-state index contributed by atoms with van der Waals surface area (Å²) in [5.74, 6) is 0.548. The Labute approximate surface area is 117 Å². The summed E-state index contributed by atoms with van der Waals surface area (Å²) >= 11 is 5.68. The molecule has 0 amide bonds. The van der Waals surface area contributed by atoms with Gasteiger partial charge >= 0.3 is 0 Å². The van der Waals surface area contributed by atoms with Gasteiger partial charge in [-0.2, -0.15) is 0 Å². The van der Waals surface area contributed by atoms with Gasteiger partial charge in [0.1, 0.15) is 5.69 Å². The molecule has 1 aromatic heterocycles. The van der Waals surface area contributed by atoms with Crippen LogP contribution in [0, 0.1) is 0 Å². The van der Waals surface area contributed by atoms with Gasteiger partial charge in [0.25, 0.3) is 0 Å². The Morgan fingerprint density at radius 1 is 1.21 bits per heavy atom. The van der Waals surface area contributed by atoms with Crippen LogP contribution in [0.2, 0.25) is 0 Å². The molecule has 0 aliphatic heterocycles. The van der Waals surface area contributed by atoms with Crippen molar-refractivity contribution in [2.45, 2.75) is 6.54 Å². The first-order chi connectivity index (χ1) is 9.13. The van der Waals surface area contributed by atoms with Crippen molar-refractivity contribution in [3.63, 3.8) is 0 Å². The first-order valence-corrected chi connectivity index (χ1v) is 6.59. The maximum Gasteiger partial charge on any atom is 0.218 e. The van der Waals surface area contributed by atoms with Gasteiger partial charge in [-0.05, 0) is 5.56 Å². The van der Waals surface area contributed by atoms with Gasteiger partial charge < -0.3 is 15.1 Å². The first-order valence-electron chi connectivity index (χ1n) is 6.06. The summed E-state index contributed by atoms with van der Waals surface area (Å²) in [5, 5.41) is 20.1. The van der Waals surface area contributed by atoms with Crippen molar-refractivity contribution in [1.29, 1.82) is 0 Å². The minimum Gasteiger partial charge on any atom is -0.494 e. The van der Waals surface area contributed by atoms with E-state index < -0.39 is 0 Å². The van der Waals surface area contributed by atoms with Crippen LogP contribution in [0.1, 0.15) is 5.56 Å². The molecular formula is C14H17ClN2O2. The van der Waals surface area contributed by atoms with Crippen LogP contribution in [0.15, 0.2) is 36.4 Å². The Morgan fingerprint density at radius 2 is 1.89 bits per heavy atom. The van der Waals surface area contributed by atoms with Crippen molar-refractivity contribution >= 4 is 17.3 Å². The zero-order valence-corrected chi connectivity index (χ0v) is 11.5. The zero-order valence-electron chi connectivity index (χ0n) is 10.8. The van der Waals surface area contributed by atoms with Gasteiger partial charge in [-0.3, -0.25) is 4.57 Å². The molecule has 102 valence electrons. The largest absolute Gasteiger partial charge is 0.494 e. The van der Waals surface area contributed by atoms with Gasteiger partial charge in [0.05, 0.1) is 6.54 Å². The molecule has 5 heteroatoms. The van der Waals surface area contributed by atoms with Crippen LogP contribution < -0.4 is 4.90 Å². The summed E-state index contributed by atoms with van der Waals surface area (Å²) in [7, 11) is 1.82. The van der Waals surface area contributed by atoms with Crippen LogP contribution in [-0.4, -0.2) is 34.3 Å². The van der Waals surface area contributed by atoms with E-state index in [-0.39, 0.29) is 11.8 Å². The number of anilines is 1. The molecule has 0 atom stereocenters. The van der Waals surface area contributed by atoms with E-state index in [1.165, 1.54) is 4.57 Å². The summed E-state index contributed by atoms with van der Waals surface area (Å²) < 4.78 is 1.47. The van der Waals surface area contributed by atoms with Crippen LogP contribution in [0.4, 0.5) is 5.69 Å². The molecule has 0 saturated carbocycles. The van der Waals surface area contributed by atoms with Crippen molar-refractivity contribution < 1.29 is 10.2 Å². The van der Waals surface area contributed by atoms with E-state index in [4.69, 9.17) is 11.6 Å². The normalized spacial score (nSPS) is 10.6. The second-order valence-electron chi connectivity index (χ2n) is 4.39. The lowest BCUT2D eigenvalue weighted by atomic mass is 10.2. The molecule has 4 nitrogen and oxygen atoms in total. The third kappa shape index (κ3) is 2.96. The SMILES string of the molecule is CN(CCCl)c1cc(O)n(Cc2ccccc2)c1O. The number of alkyl halides is 1. The van der Waals surface area contributed by atoms with Crippen molar-refractivity contribution in [3.8, 4) is 11.8 Å². The number of halogens is 1. The minimum atomic E-state index is 0.0396. The summed E-state index contributed by atoms with van der Waals surface area (Å²) in [4.78, 5) is 1.81. The van der Waals surface area contributed by atoms with Gasteiger partial charge in [0, 0.05) is 25.5 Å². The van der Waals surface area contributed by atoms with Crippen molar-refractivity contribution in [2.24, 2.45) is 0 Å². The number of benzene rings is 1. The van der Waals surface area contributed by atoms with E-state index in [2.05, 4.69) is 0 Å². The molecule has 0 radical (unpaired) electrons. The van der Waals surface area contributed by atoms with E-state index in [0.29, 0.717) is 24.7 Å². The van der Waals surface area contributed by atoms with Crippen molar-refractivity contribution in [2.75, 3.05) is 24.4 Å². The van der Waals surface area contributed by atoms with Crippen molar-refractivity contribution in [3.05, 3.63) is 42.0 Å². The topological polar surface area (TPSA) is 48.6 Å². The molecule has 0 unspecified atom stereocenters. The number of hydrogen-bond donors (Lipinski definition) is 2. The molecular weight excluding hydrogens is 264 g/mol. The third-order valence-corrected chi connectivity index (χ3v) is 3.21. The molecule has 0 saturated heterocycles. The summed E-state index contributed by atoms with van der Waals surface area (Å²) in [6.07, 6.45) is 0. The zero-order chi connectivity index (χ0) is 13.8. The third-order valence-electron chi connectivity index (χ3n) is 3.04. The maximum absolute atomic E-state index is 10.2. The molecule has 19 heavy (non-hydrogen) atoms. The lowest BCUT2D eigenvalue weighted by molar-refractivity contribution is 0.377. The number of aromatic nitrogens is 1. The Kier molecular flexibility index (Phi) is 4.22. The quantitative estimate of drug-likeness (QED) is 0.828. The second-order valence-corrected chi connectivity index (χ2v) is 4.77. The molecule has 2 aromatic rings. The van der Waals surface area contributed by atoms with E-state index >= 15 is 0 Å². The van der Waals surface area contributed by atoms with E-state index in [0.717, 1.165) is 5.56 Å². The molecule has 0 aliphatic carbocycles. The van der Waals surface area contributed by atoms with E-state index in [1.54, 1.807) is 6.07 Å². The van der Waals surface area contributed by atoms with Crippen LogP contribution in [0.5, 0.6) is 11.8 Å². The molecule has 1 aromatic carbocycles. The number of hydrogen-bond acceptors (Lipinski definition) is 3. The molecule has 0 aliphatic rings. The monoisotopic (exact) mass is 280 g/mol. The first kappa shape index (κ1) is 13.6. The van der Waals surface area contributed by atoms with Gasteiger partial charge in [-0.15, -0.1) is 11.6 Å². The highest BCUT2D eigenvalue weighted by molar-refractivity contribution is 6.18. The molecule has 1 heterocycles. The Morgan fingerprint density at radius 3 is 2.53 bits per heavy atom. The number of aromatic hydroxyl groups is 2. The standard InChI is InChI=1S/C14H17ClN2O2/c1-16(8-7-15)12-9-13(18)17(14(12)19)10-11-5-3-2-4-6-11/h2-6,9,18-19H,7-8,10H2,1H3. The molecule has 0 spiro atoms. The fourth-order valence-electron chi connectivity index (χ4n) is 1.96. The Bertz CT molecular complexity index is 540. The summed E-state index contributed by atoms with van der Waals surface area (Å²) in [6, 6.07) is 11.2. The highest BCUT2D eigenvalue weighted by Gasteiger charge is 2.16. The fraction of sp³-hybridized carbons (Fsp3) is 0.286. The Balaban J connectivity index is 2.27. The molecule has 0 fully saturated rings. The average Bonchev–Trinajstić information content (AvgIpc) is 2.68. The van der Waals surface area contributed by atoms with Gasteiger partial charge in [0.2, 0.25) is 5.88 Å². The van der Waals surface area contributed by atoms with Crippen molar-refractivity contribution in [1.82, 2.24) is 4.57 Å². The lowest BCUT2D eigenvalue weighted by Crippen LogP contribution is -2.19. The van der Waals surface area contributed by atoms with Crippen LogP contribution in [0.3, 0.4) is 0 Å². The van der Waals surface area contributed by atoms with Gasteiger partial charge in [-0.25, -0.2) is 0 Å². The van der Waals surface area contributed by atoms with E-state index in [1.807, 2.05) is 42.3 Å². The second kappa shape index (κ2) is 5.89. The molecule has 2 N–H and O–H groups in total. The predicted molar refractivity (Wildman–Crippen MR) is 77.3 cm³/mol. The predicted octanol–water partition coefficient (Wildman–Crippen LogP) is 2.62. The average molecular weight is 281 g/mol. The lowest BCUT2D eigenvalue weighted by Gasteiger charge is -2.16. The maximum atomic E-state index is 10.2. The van der Waals surface area contributed by atoms with Gasteiger partial charge in [0.15, 0.2) is 5.88 Å². The van der Waals surface area contributed by atoms with Crippen LogP contribution in [-0.2, 0) is 6.54 Å².